The van der Waals surface area contributed by atoms with Gasteiger partial charge in [0.15, 0.2) is 11.3 Å². The number of nitriles is 1. The summed E-state index contributed by atoms with van der Waals surface area (Å²) in [4.78, 5) is 43.0. The molecule has 7 rings (SSSR count). The Balaban J connectivity index is 1.25. The summed E-state index contributed by atoms with van der Waals surface area (Å²) in [5, 5.41) is 9.23. The van der Waals surface area contributed by atoms with Crippen molar-refractivity contribution >= 4 is 21.9 Å². The first-order valence-corrected chi connectivity index (χ1v) is 17.2. The third kappa shape index (κ3) is 5.03. The van der Waals surface area contributed by atoms with Crippen molar-refractivity contribution in [1.82, 2.24) is 33.3 Å². The van der Waals surface area contributed by atoms with Gasteiger partial charge in [0.05, 0.1) is 11.6 Å². The van der Waals surface area contributed by atoms with Gasteiger partial charge in [-0.2, -0.15) is 22.3 Å². The molecule has 2 aromatic heterocycles. The molecule has 4 aliphatic rings. The van der Waals surface area contributed by atoms with Crippen LogP contribution in [0.25, 0.3) is 0 Å². The summed E-state index contributed by atoms with van der Waals surface area (Å²) >= 11 is 0. The normalized spacial score (nSPS) is 25.6. The summed E-state index contributed by atoms with van der Waals surface area (Å²) in [7, 11) is -1.82. The molecule has 3 saturated heterocycles. The predicted octanol–water partition coefficient (Wildman–Crippen LogP) is 1.90. The summed E-state index contributed by atoms with van der Waals surface area (Å²) in [6.45, 7) is 5.94. The fraction of sp³-hybridized carbons (Fsp3) is 0.382. The molecule has 5 heterocycles. The summed E-state index contributed by atoms with van der Waals surface area (Å²) in [6.07, 6.45) is 8.05. The standard InChI is InChI=1S/C34H36N8O4S/c1-3-39-16-18-40(19-17-39)47(45,46)41-22-28-29(23-41)32(28)42-31(20-30(43)25-6-4-24(21-35)5-7-25)38(2)34(33(42)44,26-8-12-36-13-9-26)27-10-14-37-15-11-27/h4-15,20,28-29,32H,3,16-19,22-23H2,1-2H3/t28-,29-/m0/s1. The number of pyridine rings is 2. The highest BCUT2D eigenvalue weighted by Gasteiger charge is 2.68. The number of fused-ring (bicyclic) bond motifs is 1. The molecule has 12 nitrogen and oxygen atoms in total. The topological polar surface area (TPSA) is 134 Å². The van der Waals surface area contributed by atoms with E-state index in [1.54, 1.807) is 86.8 Å². The maximum absolute atomic E-state index is 15.1. The van der Waals surface area contributed by atoms with Gasteiger partial charge in [0.1, 0.15) is 5.82 Å². The number of hydrogen-bond acceptors (Lipinski definition) is 9. The van der Waals surface area contributed by atoms with Crippen LogP contribution in [0.15, 0.2) is 85.2 Å². The molecule has 4 fully saturated rings. The first-order chi connectivity index (χ1) is 22.7. The molecule has 242 valence electrons. The maximum Gasteiger partial charge on any atom is 0.282 e. The number of nitrogens with zero attached hydrogens (tertiary/aromatic N) is 8. The quantitative estimate of drug-likeness (QED) is 0.264. The fourth-order valence-electron chi connectivity index (χ4n) is 7.57. The van der Waals surface area contributed by atoms with Crippen LogP contribution in [0.3, 0.4) is 0 Å². The molecule has 13 heteroatoms. The minimum Gasteiger partial charge on any atom is -0.339 e. The molecule has 0 radical (unpaired) electrons. The van der Waals surface area contributed by atoms with Crippen LogP contribution >= 0.6 is 0 Å². The van der Waals surface area contributed by atoms with Crippen LogP contribution in [0.4, 0.5) is 0 Å². The fourth-order valence-corrected chi connectivity index (χ4v) is 9.25. The van der Waals surface area contributed by atoms with E-state index in [-0.39, 0.29) is 29.6 Å². The Morgan fingerprint density at radius 1 is 0.915 bits per heavy atom. The first-order valence-electron chi connectivity index (χ1n) is 15.8. The number of ketones is 1. The molecule has 0 unspecified atom stereocenters. The third-order valence-corrected chi connectivity index (χ3v) is 12.2. The van der Waals surface area contributed by atoms with Crippen molar-refractivity contribution in [2.75, 3.05) is 52.9 Å². The lowest BCUT2D eigenvalue weighted by molar-refractivity contribution is -0.132. The molecule has 1 aromatic carbocycles. The van der Waals surface area contributed by atoms with Gasteiger partial charge in [0.2, 0.25) is 0 Å². The summed E-state index contributed by atoms with van der Waals surface area (Å²) in [5.41, 5.74) is 0.887. The molecular weight excluding hydrogens is 616 g/mol. The van der Waals surface area contributed by atoms with Gasteiger partial charge in [-0.05, 0) is 66.2 Å². The highest BCUT2D eigenvalue weighted by Crippen LogP contribution is 2.56. The van der Waals surface area contributed by atoms with E-state index in [0.29, 0.717) is 67.3 Å². The van der Waals surface area contributed by atoms with Gasteiger partial charge in [-0.1, -0.05) is 6.92 Å². The Kier molecular flexibility index (Phi) is 7.92. The molecule has 2 atom stereocenters. The molecule has 0 bridgehead atoms. The average Bonchev–Trinajstić information content (AvgIpc) is 3.46. The lowest BCUT2D eigenvalue weighted by Gasteiger charge is -2.36. The molecule has 1 saturated carbocycles. The second-order valence-corrected chi connectivity index (χ2v) is 14.4. The van der Waals surface area contributed by atoms with E-state index in [9.17, 15) is 18.5 Å². The van der Waals surface area contributed by atoms with Gasteiger partial charge in [-0.25, -0.2) is 0 Å². The van der Waals surface area contributed by atoms with E-state index in [4.69, 9.17) is 0 Å². The summed E-state index contributed by atoms with van der Waals surface area (Å²) in [6, 6.07) is 15.4. The number of rotatable bonds is 8. The first kappa shape index (κ1) is 31.1. The zero-order chi connectivity index (χ0) is 32.9. The van der Waals surface area contributed by atoms with Crippen LogP contribution in [0, 0.1) is 23.2 Å². The zero-order valence-corrected chi connectivity index (χ0v) is 27.1. The molecule has 0 spiro atoms. The Bertz CT molecular complexity index is 1800. The zero-order valence-electron chi connectivity index (χ0n) is 26.3. The second kappa shape index (κ2) is 12.0. The lowest BCUT2D eigenvalue weighted by Crippen LogP contribution is -2.53. The average molecular weight is 653 g/mol. The Labute approximate surface area is 274 Å². The van der Waals surface area contributed by atoms with Crippen molar-refractivity contribution in [3.63, 3.8) is 0 Å². The van der Waals surface area contributed by atoms with Crippen molar-refractivity contribution in [3.05, 3.63) is 107 Å². The van der Waals surface area contributed by atoms with Gasteiger partial charge >= 0.3 is 0 Å². The number of amides is 1. The monoisotopic (exact) mass is 652 g/mol. The van der Waals surface area contributed by atoms with Crippen LogP contribution in [0.2, 0.25) is 0 Å². The van der Waals surface area contributed by atoms with E-state index in [0.717, 1.165) is 6.54 Å². The highest BCUT2D eigenvalue weighted by atomic mass is 32.2. The summed E-state index contributed by atoms with van der Waals surface area (Å²) in [5.74, 6) is -0.241. The van der Waals surface area contributed by atoms with E-state index >= 15 is 4.79 Å². The number of likely N-dealkylation sites (N-methyl/N-ethyl adjacent to an activating group) is 2. The predicted molar refractivity (Wildman–Crippen MR) is 172 cm³/mol. The number of allylic oxidation sites excluding steroid dienone is 1. The number of aromatic nitrogens is 2. The number of benzene rings is 1. The largest absolute Gasteiger partial charge is 0.339 e. The van der Waals surface area contributed by atoms with Crippen molar-refractivity contribution in [1.29, 1.82) is 5.26 Å². The van der Waals surface area contributed by atoms with Gasteiger partial charge in [0, 0.05) is 101 Å². The number of piperidine rings is 1. The lowest BCUT2D eigenvalue weighted by atomic mass is 9.82. The number of carbonyl (C=O) groups is 2. The van der Waals surface area contributed by atoms with Crippen LogP contribution in [-0.4, -0.2) is 112 Å². The number of hydrogen-bond donors (Lipinski definition) is 0. The van der Waals surface area contributed by atoms with Gasteiger partial charge in [-0.15, -0.1) is 0 Å². The number of carbonyl (C=O) groups excluding carboxylic acids is 2. The van der Waals surface area contributed by atoms with Gasteiger partial charge in [-0.3, -0.25) is 24.5 Å². The Morgan fingerprint density at radius 2 is 1.47 bits per heavy atom. The van der Waals surface area contributed by atoms with Crippen molar-refractivity contribution in [2.45, 2.75) is 18.5 Å². The van der Waals surface area contributed by atoms with Crippen molar-refractivity contribution < 1.29 is 18.0 Å². The Hall–Kier alpha value is -4.48. The van der Waals surface area contributed by atoms with Gasteiger partial charge in [0.25, 0.3) is 16.1 Å². The SMILES string of the molecule is CCN1CCN(S(=O)(=O)N2C[C@@H]3C(N4C(=O)C(c5ccncc5)(c5ccncc5)N(C)C4=CC(=O)c4ccc(C#N)cc4)[C@H]3C2)CC1. The van der Waals surface area contributed by atoms with Crippen LogP contribution < -0.4 is 0 Å². The van der Waals surface area contributed by atoms with E-state index in [1.807, 2.05) is 11.9 Å². The van der Waals surface area contributed by atoms with Crippen LogP contribution in [0.1, 0.15) is 34.0 Å². The van der Waals surface area contributed by atoms with Crippen LogP contribution in [-0.2, 0) is 20.5 Å². The molecule has 47 heavy (non-hydrogen) atoms. The van der Waals surface area contributed by atoms with Crippen molar-refractivity contribution in [3.8, 4) is 6.07 Å². The number of piperazine rings is 1. The molecule has 0 N–H and O–H groups in total. The van der Waals surface area contributed by atoms with Crippen molar-refractivity contribution in [2.24, 2.45) is 11.8 Å². The van der Waals surface area contributed by atoms with E-state index < -0.39 is 15.7 Å². The summed E-state index contributed by atoms with van der Waals surface area (Å²) < 4.78 is 30.4. The highest BCUT2D eigenvalue weighted by molar-refractivity contribution is 7.86. The Morgan fingerprint density at radius 3 is 1.98 bits per heavy atom. The molecule has 3 aromatic rings. The minimum atomic E-state index is -3.63. The van der Waals surface area contributed by atoms with E-state index in [1.165, 1.54) is 6.08 Å². The molecule has 3 aliphatic heterocycles. The molecule has 1 aliphatic carbocycles. The second-order valence-electron chi connectivity index (χ2n) is 12.4. The van der Waals surface area contributed by atoms with Gasteiger partial charge < -0.3 is 9.80 Å². The minimum absolute atomic E-state index is 0.0712. The third-order valence-electron chi connectivity index (χ3n) is 10.2. The molecule has 1 amide bonds. The van der Waals surface area contributed by atoms with E-state index in [2.05, 4.69) is 27.9 Å². The maximum atomic E-state index is 15.1. The smallest absolute Gasteiger partial charge is 0.282 e. The molecular formula is C34H36N8O4S. The van der Waals surface area contributed by atoms with Crippen LogP contribution in [0.5, 0.6) is 0 Å².